The van der Waals surface area contributed by atoms with Gasteiger partial charge in [-0.05, 0) is 36.0 Å². The molecule has 1 rings (SSSR count). The third-order valence-electron chi connectivity index (χ3n) is 2.76. The van der Waals surface area contributed by atoms with Crippen LogP contribution in [0.5, 0.6) is 0 Å². The molecular formula is C11H24NY-. The number of nitrogens with two attached hydrogens (primary N) is 1. The minimum atomic E-state index is 0. The molecule has 2 heteroatoms. The van der Waals surface area contributed by atoms with Crippen molar-refractivity contribution in [2.24, 2.45) is 16.7 Å². The third-order valence-corrected chi connectivity index (χ3v) is 2.76. The van der Waals surface area contributed by atoms with E-state index in [1.54, 1.807) is 0 Å². The average Bonchev–Trinajstić information content (AvgIpc) is 1.49. The first-order valence-corrected chi connectivity index (χ1v) is 4.81. The molecule has 0 aromatic heterocycles. The van der Waals surface area contributed by atoms with Gasteiger partial charge in [0.25, 0.3) is 0 Å². The quantitative estimate of drug-likeness (QED) is 0.610. The van der Waals surface area contributed by atoms with Gasteiger partial charge in [-0.2, -0.15) is 0 Å². The van der Waals surface area contributed by atoms with E-state index in [4.69, 9.17) is 0 Å². The van der Waals surface area contributed by atoms with Crippen molar-refractivity contribution in [1.82, 2.24) is 0 Å². The van der Waals surface area contributed by atoms with Crippen molar-refractivity contribution in [3.05, 3.63) is 6.15 Å². The van der Waals surface area contributed by atoms with Gasteiger partial charge in [0.15, 0.2) is 0 Å². The van der Waals surface area contributed by atoms with E-state index in [9.17, 15) is 0 Å². The van der Waals surface area contributed by atoms with E-state index in [1.165, 1.54) is 19.3 Å². The summed E-state index contributed by atoms with van der Waals surface area (Å²) in [6.07, 6.45) is 4.22. The van der Waals surface area contributed by atoms with Gasteiger partial charge >= 0.3 is 0 Å². The van der Waals surface area contributed by atoms with Crippen molar-refractivity contribution in [2.75, 3.05) is 0 Å². The van der Waals surface area contributed by atoms with Gasteiger partial charge in [-0.15, -0.1) is 0 Å². The first-order chi connectivity index (χ1) is 4.81. The van der Waals surface area contributed by atoms with E-state index in [-0.39, 0.29) is 38.9 Å². The molecule has 0 atom stereocenters. The SMILES string of the molecule is CC1CC(C)(C)CC(C)(C)C1.[NH2-].[Y]. The maximum absolute atomic E-state index is 2.41. The Morgan fingerprint density at radius 2 is 1.23 bits per heavy atom. The summed E-state index contributed by atoms with van der Waals surface area (Å²) < 4.78 is 0. The Balaban J connectivity index is 0. The van der Waals surface area contributed by atoms with Gasteiger partial charge < -0.3 is 6.15 Å². The molecule has 0 unspecified atom stereocenters. The van der Waals surface area contributed by atoms with E-state index >= 15 is 0 Å². The maximum atomic E-state index is 2.41. The Kier molecular flexibility index (Phi) is 6.64. The molecule has 1 aliphatic carbocycles. The van der Waals surface area contributed by atoms with Crippen LogP contribution in [0.15, 0.2) is 0 Å². The van der Waals surface area contributed by atoms with Crippen molar-refractivity contribution in [3.63, 3.8) is 0 Å². The normalized spacial score (nSPS) is 25.6. The fourth-order valence-electron chi connectivity index (χ4n) is 3.40. The van der Waals surface area contributed by atoms with Crippen molar-refractivity contribution in [2.45, 2.75) is 53.9 Å². The minimum Gasteiger partial charge on any atom is -0.693 e. The van der Waals surface area contributed by atoms with Crippen LogP contribution in [0.3, 0.4) is 0 Å². The van der Waals surface area contributed by atoms with Gasteiger partial charge in [0.05, 0.1) is 0 Å². The van der Waals surface area contributed by atoms with Crippen LogP contribution in [-0.4, -0.2) is 0 Å². The fourth-order valence-corrected chi connectivity index (χ4v) is 3.40. The van der Waals surface area contributed by atoms with Crippen LogP contribution in [-0.2, 0) is 32.7 Å². The van der Waals surface area contributed by atoms with Crippen LogP contribution in [0.2, 0.25) is 0 Å². The molecule has 0 heterocycles. The summed E-state index contributed by atoms with van der Waals surface area (Å²) in [5.74, 6) is 0.925. The molecule has 1 radical (unpaired) electrons. The summed E-state index contributed by atoms with van der Waals surface area (Å²) in [5.41, 5.74) is 1.17. The zero-order valence-corrected chi connectivity index (χ0v) is 12.7. The summed E-state index contributed by atoms with van der Waals surface area (Å²) >= 11 is 0. The zero-order chi connectivity index (χ0) is 8.70. The summed E-state index contributed by atoms with van der Waals surface area (Å²) in [6, 6.07) is 0. The molecule has 0 aromatic carbocycles. The molecule has 1 nitrogen and oxygen atoms in total. The topological polar surface area (TPSA) is 33.5 Å². The predicted molar refractivity (Wildman–Crippen MR) is 55.9 cm³/mol. The van der Waals surface area contributed by atoms with Gasteiger partial charge in [-0.25, -0.2) is 0 Å². The van der Waals surface area contributed by atoms with Crippen molar-refractivity contribution in [3.8, 4) is 0 Å². The Morgan fingerprint density at radius 3 is 1.46 bits per heavy atom. The largest absolute Gasteiger partial charge is 0.693 e. The monoisotopic (exact) mass is 259 g/mol. The van der Waals surface area contributed by atoms with Crippen LogP contribution in [0.25, 0.3) is 6.15 Å². The summed E-state index contributed by atoms with van der Waals surface area (Å²) in [7, 11) is 0. The maximum Gasteiger partial charge on any atom is 0 e. The van der Waals surface area contributed by atoms with E-state index in [1.807, 2.05) is 0 Å². The molecule has 1 aliphatic rings. The molecule has 0 aromatic rings. The second kappa shape index (κ2) is 5.23. The molecule has 0 amide bonds. The minimum absolute atomic E-state index is 0. The van der Waals surface area contributed by atoms with E-state index in [0.717, 1.165) is 5.92 Å². The van der Waals surface area contributed by atoms with Crippen molar-refractivity contribution in [1.29, 1.82) is 0 Å². The van der Waals surface area contributed by atoms with E-state index in [0.29, 0.717) is 10.8 Å². The molecule has 0 spiro atoms. The molecule has 1 saturated carbocycles. The first kappa shape index (κ1) is 16.5. The molecule has 1 fully saturated rings. The summed E-state index contributed by atoms with van der Waals surface area (Å²) in [4.78, 5) is 0. The molecule has 0 saturated heterocycles. The number of rotatable bonds is 0. The Hall–Kier alpha value is 1.06. The predicted octanol–water partition coefficient (Wildman–Crippen LogP) is 4.57. The molecule has 77 valence electrons. The van der Waals surface area contributed by atoms with Gasteiger partial charge in [-0.3, -0.25) is 0 Å². The summed E-state index contributed by atoms with van der Waals surface area (Å²) in [5, 5.41) is 0. The van der Waals surface area contributed by atoms with Crippen LogP contribution >= 0.6 is 0 Å². The zero-order valence-electron chi connectivity index (χ0n) is 9.85. The Labute approximate surface area is 109 Å². The van der Waals surface area contributed by atoms with E-state index < -0.39 is 0 Å². The Morgan fingerprint density at radius 1 is 0.923 bits per heavy atom. The molecule has 0 bridgehead atoms. The van der Waals surface area contributed by atoms with E-state index in [2.05, 4.69) is 34.6 Å². The van der Waals surface area contributed by atoms with Gasteiger partial charge in [0, 0.05) is 32.7 Å². The standard InChI is InChI=1S/C11H22.H2N.Y/c1-9-6-10(2,3)8-11(4,5)7-9;;/h9H,6-8H2,1-5H3;1H2;/q;-1;. The van der Waals surface area contributed by atoms with Crippen molar-refractivity contribution >= 4 is 0 Å². The smallest absolute Gasteiger partial charge is 0 e. The summed E-state index contributed by atoms with van der Waals surface area (Å²) in [6.45, 7) is 12.0. The molecule has 2 N–H and O–H groups in total. The number of hydrogen-bond donors (Lipinski definition) is 0. The Bertz CT molecular complexity index is 136. The second-order valence-electron chi connectivity index (χ2n) is 6.02. The van der Waals surface area contributed by atoms with Crippen LogP contribution in [0, 0.1) is 16.7 Å². The third kappa shape index (κ3) is 5.49. The van der Waals surface area contributed by atoms with Gasteiger partial charge in [0.1, 0.15) is 0 Å². The average molecular weight is 259 g/mol. The molecular weight excluding hydrogens is 235 g/mol. The molecule has 13 heavy (non-hydrogen) atoms. The second-order valence-corrected chi connectivity index (χ2v) is 6.02. The van der Waals surface area contributed by atoms with Crippen molar-refractivity contribution < 1.29 is 32.7 Å². The fraction of sp³-hybridized carbons (Fsp3) is 1.00. The van der Waals surface area contributed by atoms with Crippen LogP contribution in [0.1, 0.15) is 53.9 Å². The number of hydrogen-bond acceptors (Lipinski definition) is 0. The van der Waals surface area contributed by atoms with Gasteiger partial charge in [-0.1, -0.05) is 34.6 Å². The van der Waals surface area contributed by atoms with Crippen LogP contribution in [0.4, 0.5) is 0 Å². The van der Waals surface area contributed by atoms with Crippen LogP contribution < -0.4 is 0 Å². The van der Waals surface area contributed by atoms with Gasteiger partial charge in [0.2, 0.25) is 0 Å². The molecule has 0 aliphatic heterocycles. The first-order valence-electron chi connectivity index (χ1n) is 4.81.